The van der Waals surface area contributed by atoms with Crippen LogP contribution in [0.25, 0.3) is 0 Å². The summed E-state index contributed by atoms with van der Waals surface area (Å²) in [6.45, 7) is 12.7. The quantitative estimate of drug-likeness (QED) is 0.852. The fourth-order valence-corrected chi connectivity index (χ4v) is 3.95. The average Bonchev–Trinajstić information content (AvgIpc) is 2.26. The summed E-state index contributed by atoms with van der Waals surface area (Å²) in [4.78, 5) is 0.429. The summed E-state index contributed by atoms with van der Waals surface area (Å²) in [5.41, 5.74) is 1.76. The molecule has 1 aromatic carbocycles. The Labute approximate surface area is 124 Å². The minimum Gasteiger partial charge on any atom is -0.207 e. The van der Waals surface area contributed by atoms with Crippen molar-refractivity contribution in [2.75, 3.05) is 13.6 Å². The summed E-state index contributed by atoms with van der Waals surface area (Å²) in [6, 6.07) is 5.59. The highest BCUT2D eigenvalue weighted by molar-refractivity contribution is 7.89. The van der Waals surface area contributed by atoms with Crippen molar-refractivity contribution in [3.05, 3.63) is 29.3 Å². The van der Waals surface area contributed by atoms with Gasteiger partial charge in [0, 0.05) is 13.6 Å². The predicted octanol–water partition coefficient (Wildman–Crippen LogP) is 3.57. The second-order valence-electron chi connectivity index (χ2n) is 6.93. The Balaban J connectivity index is 3.39. The Morgan fingerprint density at radius 2 is 1.75 bits per heavy atom. The van der Waals surface area contributed by atoms with Gasteiger partial charge in [-0.1, -0.05) is 52.3 Å². The van der Waals surface area contributed by atoms with E-state index in [2.05, 4.69) is 0 Å². The molecule has 0 saturated heterocycles. The molecule has 0 radical (unpaired) electrons. The first-order valence-corrected chi connectivity index (χ1v) is 8.47. The van der Waals surface area contributed by atoms with E-state index < -0.39 is 10.0 Å². The van der Waals surface area contributed by atoms with Crippen LogP contribution in [0.15, 0.2) is 23.1 Å². The van der Waals surface area contributed by atoms with Gasteiger partial charge in [-0.15, -0.1) is 0 Å². The van der Waals surface area contributed by atoms with Crippen LogP contribution in [0.5, 0.6) is 0 Å². The summed E-state index contributed by atoms with van der Waals surface area (Å²) in [6.07, 6.45) is 0. The van der Waals surface area contributed by atoms with E-state index in [1.54, 1.807) is 13.1 Å². The Morgan fingerprint density at radius 3 is 2.20 bits per heavy atom. The molecule has 0 aliphatic heterocycles. The zero-order valence-corrected chi connectivity index (χ0v) is 14.5. The minimum atomic E-state index is -3.43. The van der Waals surface area contributed by atoms with Crippen molar-refractivity contribution < 1.29 is 8.42 Å². The van der Waals surface area contributed by atoms with Gasteiger partial charge in [0.2, 0.25) is 10.0 Å². The molecule has 1 aromatic rings. The third-order valence-corrected chi connectivity index (χ3v) is 5.14. The van der Waals surface area contributed by atoms with Gasteiger partial charge in [-0.3, -0.25) is 0 Å². The Hall–Kier alpha value is -0.870. The maximum atomic E-state index is 12.8. The summed E-state index contributed by atoms with van der Waals surface area (Å²) in [7, 11) is -1.78. The van der Waals surface area contributed by atoms with Gasteiger partial charge in [-0.05, 0) is 29.9 Å². The average molecular weight is 297 g/mol. The summed E-state index contributed by atoms with van der Waals surface area (Å²) in [5.74, 6) is 0.304. The lowest BCUT2D eigenvalue weighted by Crippen LogP contribution is -2.32. The molecule has 4 heteroatoms. The second kappa shape index (κ2) is 5.86. The molecule has 0 saturated carbocycles. The van der Waals surface area contributed by atoms with Crippen LogP contribution in [0, 0.1) is 12.8 Å². The topological polar surface area (TPSA) is 37.4 Å². The lowest BCUT2D eigenvalue weighted by Gasteiger charge is -2.26. The third-order valence-electron chi connectivity index (χ3n) is 3.25. The van der Waals surface area contributed by atoms with Crippen LogP contribution in [-0.2, 0) is 15.4 Å². The minimum absolute atomic E-state index is 0.201. The van der Waals surface area contributed by atoms with Crippen LogP contribution < -0.4 is 0 Å². The van der Waals surface area contributed by atoms with E-state index in [0.717, 1.165) is 11.1 Å². The van der Waals surface area contributed by atoms with Crippen molar-refractivity contribution in [1.82, 2.24) is 4.31 Å². The van der Waals surface area contributed by atoms with Gasteiger partial charge >= 0.3 is 0 Å². The van der Waals surface area contributed by atoms with E-state index in [4.69, 9.17) is 0 Å². The molecule has 0 spiro atoms. The molecular weight excluding hydrogens is 270 g/mol. The summed E-state index contributed by atoms with van der Waals surface area (Å²) >= 11 is 0. The Bertz CT molecular complexity index is 569. The molecule has 0 amide bonds. The molecule has 0 bridgehead atoms. The van der Waals surface area contributed by atoms with Gasteiger partial charge in [0.05, 0.1) is 4.90 Å². The summed E-state index contributed by atoms with van der Waals surface area (Å²) in [5, 5.41) is 0. The number of rotatable bonds is 4. The third kappa shape index (κ3) is 3.83. The standard InChI is InChI=1S/C16H27NO2S/c1-12(2)11-17(7)20(18,19)15-9-8-13(3)10-14(15)16(4,5)6/h8-10,12H,11H2,1-7H3. The van der Waals surface area contributed by atoms with Gasteiger partial charge in [-0.25, -0.2) is 12.7 Å². The van der Waals surface area contributed by atoms with Crippen LogP contribution in [0.4, 0.5) is 0 Å². The Kier molecular flexibility index (Phi) is 5.03. The van der Waals surface area contributed by atoms with Crippen molar-refractivity contribution in [1.29, 1.82) is 0 Å². The van der Waals surface area contributed by atoms with Gasteiger partial charge in [-0.2, -0.15) is 0 Å². The van der Waals surface area contributed by atoms with E-state index in [1.807, 2.05) is 53.7 Å². The van der Waals surface area contributed by atoms with E-state index in [9.17, 15) is 8.42 Å². The number of aryl methyl sites for hydroxylation is 1. The number of benzene rings is 1. The zero-order valence-electron chi connectivity index (χ0n) is 13.7. The van der Waals surface area contributed by atoms with E-state index in [0.29, 0.717) is 17.4 Å². The number of nitrogens with zero attached hydrogens (tertiary/aromatic N) is 1. The van der Waals surface area contributed by atoms with Crippen LogP contribution in [0.3, 0.4) is 0 Å². The maximum Gasteiger partial charge on any atom is 0.243 e. The molecule has 0 unspecified atom stereocenters. The second-order valence-corrected chi connectivity index (χ2v) is 8.94. The van der Waals surface area contributed by atoms with Crippen molar-refractivity contribution in [2.45, 2.75) is 51.9 Å². The van der Waals surface area contributed by atoms with Crippen LogP contribution in [-0.4, -0.2) is 26.3 Å². The van der Waals surface area contributed by atoms with Gasteiger partial charge in [0.1, 0.15) is 0 Å². The molecule has 0 aromatic heterocycles. The molecule has 0 heterocycles. The van der Waals surface area contributed by atoms with Crippen molar-refractivity contribution >= 4 is 10.0 Å². The van der Waals surface area contributed by atoms with Crippen LogP contribution in [0.1, 0.15) is 45.7 Å². The molecule has 20 heavy (non-hydrogen) atoms. The molecule has 0 aliphatic rings. The predicted molar refractivity (Wildman–Crippen MR) is 84.5 cm³/mol. The van der Waals surface area contributed by atoms with Gasteiger partial charge in [0.25, 0.3) is 0 Å². The summed E-state index contributed by atoms with van der Waals surface area (Å²) < 4.78 is 27.0. The highest BCUT2D eigenvalue weighted by Gasteiger charge is 2.28. The molecule has 0 fully saturated rings. The van der Waals surface area contributed by atoms with Crippen LogP contribution >= 0.6 is 0 Å². The smallest absolute Gasteiger partial charge is 0.207 e. The van der Waals surface area contributed by atoms with Gasteiger partial charge in [0.15, 0.2) is 0 Å². The van der Waals surface area contributed by atoms with Gasteiger partial charge < -0.3 is 0 Å². The fourth-order valence-electron chi connectivity index (χ4n) is 2.24. The largest absolute Gasteiger partial charge is 0.243 e. The first-order chi connectivity index (χ1) is 8.96. The van der Waals surface area contributed by atoms with E-state index in [-0.39, 0.29) is 5.41 Å². The monoisotopic (exact) mass is 297 g/mol. The molecule has 1 rings (SSSR count). The molecule has 114 valence electrons. The molecular formula is C16H27NO2S. The molecule has 0 atom stereocenters. The molecule has 3 nitrogen and oxygen atoms in total. The van der Waals surface area contributed by atoms with E-state index >= 15 is 0 Å². The first kappa shape index (κ1) is 17.2. The molecule has 0 N–H and O–H groups in total. The highest BCUT2D eigenvalue weighted by Crippen LogP contribution is 2.31. The van der Waals surface area contributed by atoms with Crippen molar-refractivity contribution in [2.24, 2.45) is 5.92 Å². The normalized spacial score (nSPS) is 13.2. The molecule has 0 aliphatic carbocycles. The maximum absolute atomic E-state index is 12.8. The zero-order chi connectivity index (χ0) is 15.7. The highest BCUT2D eigenvalue weighted by atomic mass is 32.2. The lowest BCUT2D eigenvalue weighted by molar-refractivity contribution is 0.415. The Morgan fingerprint density at radius 1 is 1.20 bits per heavy atom. The number of hydrogen-bond donors (Lipinski definition) is 0. The van der Waals surface area contributed by atoms with Crippen molar-refractivity contribution in [3.63, 3.8) is 0 Å². The SMILES string of the molecule is Cc1ccc(S(=O)(=O)N(C)CC(C)C)c(C(C)(C)C)c1. The number of sulfonamides is 1. The lowest BCUT2D eigenvalue weighted by atomic mass is 9.86. The van der Waals surface area contributed by atoms with E-state index in [1.165, 1.54) is 4.31 Å². The van der Waals surface area contributed by atoms with Crippen molar-refractivity contribution in [3.8, 4) is 0 Å². The van der Waals surface area contributed by atoms with Crippen LogP contribution in [0.2, 0.25) is 0 Å². The first-order valence-electron chi connectivity index (χ1n) is 7.03. The fraction of sp³-hybridized carbons (Fsp3) is 0.625. The number of hydrogen-bond acceptors (Lipinski definition) is 2.